The number of imide groups is 1. The first kappa shape index (κ1) is 22.1. The van der Waals surface area contributed by atoms with E-state index in [-0.39, 0.29) is 17.7 Å². The van der Waals surface area contributed by atoms with Crippen LogP contribution in [0.2, 0.25) is 5.02 Å². The normalized spacial score (nSPS) is 27.2. The van der Waals surface area contributed by atoms with Gasteiger partial charge in [0, 0.05) is 23.6 Å². The highest BCUT2D eigenvalue weighted by Gasteiger charge is 2.71. The molecule has 2 aromatic carbocycles. The van der Waals surface area contributed by atoms with Crippen LogP contribution in [0.4, 0.5) is 11.4 Å². The maximum Gasteiger partial charge on any atom is 0.250 e. The van der Waals surface area contributed by atoms with Crippen molar-refractivity contribution in [3.63, 3.8) is 0 Å². The zero-order valence-electron chi connectivity index (χ0n) is 17.9. The van der Waals surface area contributed by atoms with Crippen LogP contribution in [-0.4, -0.2) is 35.6 Å². The van der Waals surface area contributed by atoms with Gasteiger partial charge in [0.2, 0.25) is 29.5 Å². The van der Waals surface area contributed by atoms with E-state index in [4.69, 9.17) is 23.1 Å². The summed E-state index contributed by atoms with van der Waals surface area (Å²) in [5.74, 6) is -5.22. The van der Waals surface area contributed by atoms with Gasteiger partial charge in [-0.15, -0.1) is 0 Å². The molecule has 2 fully saturated rings. The number of nitrogens with two attached hydrogens (primary N) is 2. The molecule has 34 heavy (non-hydrogen) atoms. The number of hydrogen-bond acceptors (Lipinski definition) is 6. The van der Waals surface area contributed by atoms with Crippen molar-refractivity contribution in [3.8, 4) is 0 Å². The Kier molecular flexibility index (Phi) is 4.78. The number of halogens is 1. The largest absolute Gasteiger partial charge is 0.370 e. The number of rotatable bonds is 4. The number of aryl methyl sites for hydroxylation is 1. The maximum absolute atomic E-state index is 13.8. The van der Waals surface area contributed by atoms with Crippen LogP contribution in [0.25, 0.3) is 0 Å². The number of carbonyl (C=O) groups is 5. The van der Waals surface area contributed by atoms with Gasteiger partial charge in [-0.05, 0) is 42.8 Å². The Balaban J connectivity index is 1.66. The number of anilines is 2. The predicted molar refractivity (Wildman–Crippen MR) is 122 cm³/mol. The minimum atomic E-state index is -1.61. The lowest BCUT2D eigenvalue weighted by atomic mass is 9.76. The molecule has 2 unspecified atom stereocenters. The van der Waals surface area contributed by atoms with Gasteiger partial charge in [0.1, 0.15) is 5.54 Å². The molecule has 10 nitrogen and oxygen atoms in total. The van der Waals surface area contributed by atoms with E-state index in [1.54, 1.807) is 19.1 Å². The second-order valence-electron chi connectivity index (χ2n) is 8.78. The second kappa shape index (κ2) is 7.37. The first-order valence-corrected chi connectivity index (χ1v) is 10.9. The van der Waals surface area contributed by atoms with Crippen molar-refractivity contribution in [1.29, 1.82) is 0 Å². The summed E-state index contributed by atoms with van der Waals surface area (Å²) in [6.45, 7) is 1.80. The molecule has 3 heterocycles. The van der Waals surface area contributed by atoms with Crippen molar-refractivity contribution < 1.29 is 24.0 Å². The van der Waals surface area contributed by atoms with E-state index in [0.717, 1.165) is 10.5 Å². The van der Waals surface area contributed by atoms with E-state index in [0.29, 0.717) is 16.3 Å². The first-order chi connectivity index (χ1) is 16.1. The third kappa shape index (κ3) is 2.88. The van der Waals surface area contributed by atoms with Crippen molar-refractivity contribution in [2.24, 2.45) is 23.3 Å². The van der Waals surface area contributed by atoms with Gasteiger partial charge in [-0.1, -0.05) is 17.7 Å². The fraction of sp³-hybridized carbons (Fsp3) is 0.261. The van der Waals surface area contributed by atoms with Gasteiger partial charge in [0.15, 0.2) is 0 Å². The lowest BCUT2D eigenvalue weighted by molar-refractivity contribution is -0.130. The van der Waals surface area contributed by atoms with Crippen LogP contribution >= 0.6 is 11.6 Å². The molecule has 0 saturated carbocycles. The highest BCUT2D eigenvalue weighted by Crippen LogP contribution is 2.55. The Bertz CT molecular complexity index is 1310. The van der Waals surface area contributed by atoms with Crippen molar-refractivity contribution in [2.45, 2.75) is 24.9 Å². The third-order valence-corrected chi connectivity index (χ3v) is 7.05. The molecule has 0 aromatic heterocycles. The Labute approximate surface area is 198 Å². The minimum Gasteiger partial charge on any atom is -0.370 e. The number of fused-ring (bicyclic) bond motifs is 4. The van der Waals surface area contributed by atoms with Gasteiger partial charge in [0.05, 0.1) is 28.2 Å². The Morgan fingerprint density at radius 2 is 1.76 bits per heavy atom. The highest BCUT2D eigenvalue weighted by atomic mass is 35.5. The topological polar surface area (TPSA) is 165 Å². The fourth-order valence-corrected chi connectivity index (χ4v) is 5.74. The van der Waals surface area contributed by atoms with E-state index < -0.39 is 53.0 Å². The summed E-state index contributed by atoms with van der Waals surface area (Å²) in [6.07, 6.45) is -0.251. The van der Waals surface area contributed by atoms with Gasteiger partial charge < -0.3 is 16.8 Å². The number of nitrogens with one attached hydrogen (secondary N) is 2. The molecule has 2 aromatic rings. The summed E-state index contributed by atoms with van der Waals surface area (Å²) in [7, 11) is 0. The molecule has 2 saturated heterocycles. The van der Waals surface area contributed by atoms with Crippen LogP contribution in [0.3, 0.4) is 0 Å². The summed E-state index contributed by atoms with van der Waals surface area (Å²) in [6, 6.07) is 8.24. The van der Waals surface area contributed by atoms with Crippen LogP contribution < -0.4 is 27.0 Å². The number of carbonyl (C=O) groups excluding carboxylic acids is 5. The number of hydrogen-bond donors (Lipinski definition) is 4. The van der Waals surface area contributed by atoms with Gasteiger partial charge in [-0.25, -0.2) is 4.90 Å². The Morgan fingerprint density at radius 3 is 2.38 bits per heavy atom. The molecular formula is C23H20ClN5O5. The van der Waals surface area contributed by atoms with Crippen LogP contribution in [0.1, 0.15) is 27.9 Å². The molecule has 3 aliphatic rings. The molecule has 0 aliphatic carbocycles. The minimum absolute atomic E-state index is 0.210. The van der Waals surface area contributed by atoms with Crippen molar-refractivity contribution in [1.82, 2.24) is 5.32 Å². The van der Waals surface area contributed by atoms with E-state index in [1.165, 1.54) is 24.3 Å². The van der Waals surface area contributed by atoms with E-state index in [2.05, 4.69) is 10.6 Å². The molecule has 3 aliphatic heterocycles. The summed E-state index contributed by atoms with van der Waals surface area (Å²) in [4.78, 5) is 65.0. The molecule has 6 N–H and O–H groups in total. The third-order valence-electron chi connectivity index (χ3n) is 6.75. The Hall–Kier alpha value is -3.76. The van der Waals surface area contributed by atoms with Crippen molar-refractivity contribution in [3.05, 3.63) is 58.1 Å². The van der Waals surface area contributed by atoms with Gasteiger partial charge in [-0.2, -0.15) is 0 Å². The molecule has 5 amide bonds. The fourth-order valence-electron chi connectivity index (χ4n) is 5.41. The molecule has 4 atom stereocenters. The summed E-state index contributed by atoms with van der Waals surface area (Å²) >= 11 is 6.38. The average molecular weight is 482 g/mol. The first-order valence-electron chi connectivity index (χ1n) is 10.5. The number of amides is 5. The molecule has 1 spiro atoms. The number of primary amides is 2. The highest BCUT2D eigenvalue weighted by molar-refractivity contribution is 6.35. The molecule has 11 heteroatoms. The predicted octanol–water partition coefficient (Wildman–Crippen LogP) is 0.548. The SMILES string of the molecule is Cc1cc(Cl)c2c(c1)C1(NC(CC(N)=O)[C@H]3C(=O)N(c4ccc(C(N)=O)cc4)C(=O)[C@H]31)C(=O)N2. The molecule has 0 bridgehead atoms. The van der Waals surface area contributed by atoms with E-state index in [1.807, 2.05) is 0 Å². The molecule has 174 valence electrons. The monoisotopic (exact) mass is 481 g/mol. The second-order valence-corrected chi connectivity index (χ2v) is 9.19. The maximum atomic E-state index is 13.8. The smallest absolute Gasteiger partial charge is 0.250 e. The quantitative estimate of drug-likeness (QED) is 0.465. The zero-order valence-corrected chi connectivity index (χ0v) is 18.7. The summed E-state index contributed by atoms with van der Waals surface area (Å²) in [5, 5.41) is 6.15. The van der Waals surface area contributed by atoms with Gasteiger partial charge in [0.25, 0.3) is 0 Å². The molecular weight excluding hydrogens is 462 g/mol. The average Bonchev–Trinajstić information content (AvgIpc) is 3.33. The van der Waals surface area contributed by atoms with Crippen LogP contribution in [-0.2, 0) is 24.7 Å². The van der Waals surface area contributed by atoms with Crippen LogP contribution in [0.5, 0.6) is 0 Å². The lowest BCUT2D eigenvalue weighted by Crippen LogP contribution is -2.53. The van der Waals surface area contributed by atoms with Crippen LogP contribution in [0.15, 0.2) is 36.4 Å². The van der Waals surface area contributed by atoms with E-state index in [9.17, 15) is 24.0 Å². The van der Waals surface area contributed by atoms with Gasteiger partial charge >= 0.3 is 0 Å². The van der Waals surface area contributed by atoms with Crippen molar-refractivity contribution in [2.75, 3.05) is 10.2 Å². The summed E-state index contributed by atoms with van der Waals surface area (Å²) < 4.78 is 0. The lowest BCUT2D eigenvalue weighted by Gasteiger charge is -2.29. The molecule has 5 rings (SSSR count). The number of benzene rings is 2. The summed E-state index contributed by atoms with van der Waals surface area (Å²) in [5.41, 5.74) is 11.1. The standard InChI is InChI=1S/C23H20ClN5O5/c1-9-6-12-18(13(24)7-9)27-22(34)23(12)17-16(14(28-23)8-15(25)30)20(32)29(21(17)33)11-4-2-10(3-5-11)19(26)31/h2-7,14,16-17,28H,8H2,1H3,(H2,25,30)(H2,26,31)(H,27,34)/t14?,16-,17+,23?/m1/s1. The molecule has 0 radical (unpaired) electrons. The van der Waals surface area contributed by atoms with Gasteiger partial charge in [-0.3, -0.25) is 29.3 Å². The van der Waals surface area contributed by atoms with E-state index >= 15 is 0 Å². The van der Waals surface area contributed by atoms with Crippen LogP contribution in [0, 0.1) is 18.8 Å². The van der Waals surface area contributed by atoms with Crippen molar-refractivity contribution >= 4 is 52.5 Å². The Morgan fingerprint density at radius 1 is 1.09 bits per heavy atom. The zero-order chi connectivity index (χ0) is 24.5. The number of nitrogens with zero attached hydrogens (tertiary/aromatic N) is 1.